The monoisotopic (exact) mass is 286 g/mol. The molecular formula is C14H14N4O3. The fraction of sp³-hybridized carbons (Fsp3) is 0.143. The summed E-state index contributed by atoms with van der Waals surface area (Å²) in [7, 11) is 0. The Morgan fingerprint density at radius 2 is 2.10 bits per heavy atom. The van der Waals surface area contributed by atoms with Crippen molar-refractivity contribution < 1.29 is 14.7 Å². The van der Waals surface area contributed by atoms with Crippen molar-refractivity contribution in [2.75, 3.05) is 0 Å². The van der Waals surface area contributed by atoms with Crippen LogP contribution in [0.3, 0.4) is 0 Å². The summed E-state index contributed by atoms with van der Waals surface area (Å²) in [6, 6.07) is 6.17. The van der Waals surface area contributed by atoms with E-state index in [4.69, 9.17) is 5.11 Å². The zero-order valence-corrected chi connectivity index (χ0v) is 11.4. The third-order valence-corrected chi connectivity index (χ3v) is 2.80. The van der Waals surface area contributed by atoms with Gasteiger partial charge in [-0.3, -0.25) is 4.79 Å². The van der Waals surface area contributed by atoms with Gasteiger partial charge in [0, 0.05) is 12.4 Å². The van der Waals surface area contributed by atoms with E-state index in [0.29, 0.717) is 5.56 Å². The van der Waals surface area contributed by atoms with E-state index in [1.807, 2.05) is 0 Å². The number of carboxylic acid groups (broad SMARTS) is 1. The minimum atomic E-state index is -0.984. The molecule has 0 spiro atoms. The van der Waals surface area contributed by atoms with Gasteiger partial charge >= 0.3 is 5.97 Å². The molecule has 1 aromatic carbocycles. The van der Waals surface area contributed by atoms with Crippen LogP contribution in [0.5, 0.6) is 0 Å². The Morgan fingerprint density at radius 3 is 2.67 bits per heavy atom. The number of aromatic nitrogens is 2. The zero-order valence-electron chi connectivity index (χ0n) is 11.4. The second-order valence-electron chi connectivity index (χ2n) is 4.32. The minimum absolute atomic E-state index is 0.140. The van der Waals surface area contributed by atoms with Gasteiger partial charge in [0.1, 0.15) is 12.4 Å². The second kappa shape index (κ2) is 6.47. The number of carbonyl (C=O) groups is 2. The van der Waals surface area contributed by atoms with Crippen LogP contribution in [0.4, 0.5) is 0 Å². The fourth-order valence-corrected chi connectivity index (χ4v) is 1.65. The van der Waals surface area contributed by atoms with Crippen LogP contribution in [0.1, 0.15) is 21.7 Å². The molecule has 7 nitrogen and oxygen atoms in total. The Kier molecular flexibility index (Phi) is 4.45. The van der Waals surface area contributed by atoms with Crippen LogP contribution in [0.25, 0.3) is 0 Å². The summed E-state index contributed by atoms with van der Waals surface area (Å²) in [6.45, 7) is 1.95. The predicted molar refractivity (Wildman–Crippen MR) is 76.1 cm³/mol. The zero-order chi connectivity index (χ0) is 15.2. The van der Waals surface area contributed by atoms with Crippen LogP contribution in [-0.4, -0.2) is 32.7 Å². The smallest absolute Gasteiger partial charge is 0.335 e. The molecule has 1 aromatic heterocycles. The van der Waals surface area contributed by atoms with E-state index in [1.165, 1.54) is 18.3 Å². The van der Waals surface area contributed by atoms with E-state index < -0.39 is 5.97 Å². The van der Waals surface area contributed by atoms with Crippen LogP contribution in [0.2, 0.25) is 0 Å². The molecule has 7 heteroatoms. The maximum absolute atomic E-state index is 11.6. The number of rotatable bonds is 5. The topological polar surface area (TPSA) is 96.6 Å². The van der Waals surface area contributed by atoms with Crippen LogP contribution in [0.15, 0.2) is 41.8 Å². The molecular weight excluding hydrogens is 272 g/mol. The quantitative estimate of drug-likeness (QED) is 0.634. The Labute approximate surface area is 120 Å². The third kappa shape index (κ3) is 4.00. The number of carbonyl (C=O) groups excluding carboxylic acids is 1. The number of hydrogen-bond acceptors (Lipinski definition) is 4. The lowest BCUT2D eigenvalue weighted by Crippen LogP contribution is -2.23. The average molecular weight is 286 g/mol. The van der Waals surface area contributed by atoms with Gasteiger partial charge in [-0.2, -0.15) is 5.10 Å². The Bertz CT molecular complexity index is 674. The van der Waals surface area contributed by atoms with E-state index in [0.717, 1.165) is 5.82 Å². The normalized spacial score (nSPS) is 10.7. The van der Waals surface area contributed by atoms with E-state index in [1.54, 1.807) is 36.0 Å². The SMILES string of the molecule is Cc1nccn1CC(=O)NN=Cc1ccc(C(=O)O)cc1. The molecule has 1 heterocycles. The Morgan fingerprint density at radius 1 is 1.38 bits per heavy atom. The van der Waals surface area contributed by atoms with Crippen LogP contribution >= 0.6 is 0 Å². The number of amides is 1. The highest BCUT2D eigenvalue weighted by atomic mass is 16.4. The standard InChI is InChI=1S/C14H14N4O3/c1-10-15-6-7-18(10)9-13(19)17-16-8-11-2-4-12(5-3-11)14(20)21/h2-8H,9H2,1H3,(H,17,19)(H,20,21). The fourth-order valence-electron chi connectivity index (χ4n) is 1.65. The molecule has 0 aliphatic heterocycles. The Balaban J connectivity index is 1.88. The molecule has 1 amide bonds. The first kappa shape index (κ1) is 14.4. The molecule has 0 unspecified atom stereocenters. The third-order valence-electron chi connectivity index (χ3n) is 2.80. The van der Waals surface area contributed by atoms with Gasteiger partial charge in [0.05, 0.1) is 11.8 Å². The Hall–Kier alpha value is -2.96. The average Bonchev–Trinajstić information content (AvgIpc) is 2.85. The lowest BCUT2D eigenvalue weighted by molar-refractivity contribution is -0.121. The molecule has 0 saturated heterocycles. The first-order valence-electron chi connectivity index (χ1n) is 6.19. The second-order valence-corrected chi connectivity index (χ2v) is 4.32. The van der Waals surface area contributed by atoms with Gasteiger partial charge in [0.2, 0.25) is 0 Å². The number of imidazole rings is 1. The van der Waals surface area contributed by atoms with Crippen molar-refractivity contribution in [1.82, 2.24) is 15.0 Å². The summed E-state index contributed by atoms with van der Waals surface area (Å²) in [5, 5.41) is 12.6. The molecule has 108 valence electrons. The van der Waals surface area contributed by atoms with E-state index in [2.05, 4.69) is 15.5 Å². The number of aromatic carboxylic acids is 1. The number of hydrazone groups is 1. The summed E-state index contributed by atoms with van der Waals surface area (Å²) in [5.74, 6) is -0.504. The van der Waals surface area contributed by atoms with E-state index in [-0.39, 0.29) is 18.0 Å². The summed E-state index contributed by atoms with van der Waals surface area (Å²) in [5.41, 5.74) is 3.29. The van der Waals surface area contributed by atoms with Crippen molar-refractivity contribution in [3.8, 4) is 0 Å². The van der Waals surface area contributed by atoms with Crippen molar-refractivity contribution >= 4 is 18.1 Å². The molecule has 21 heavy (non-hydrogen) atoms. The lowest BCUT2D eigenvalue weighted by Gasteiger charge is -2.03. The van der Waals surface area contributed by atoms with Crippen LogP contribution < -0.4 is 5.43 Å². The van der Waals surface area contributed by atoms with Crippen molar-refractivity contribution in [2.45, 2.75) is 13.5 Å². The molecule has 2 aromatic rings. The molecule has 0 radical (unpaired) electrons. The van der Waals surface area contributed by atoms with Crippen molar-refractivity contribution in [3.63, 3.8) is 0 Å². The highest BCUT2D eigenvalue weighted by Crippen LogP contribution is 2.02. The highest BCUT2D eigenvalue weighted by Gasteiger charge is 2.03. The van der Waals surface area contributed by atoms with E-state index in [9.17, 15) is 9.59 Å². The largest absolute Gasteiger partial charge is 0.478 e. The summed E-state index contributed by atoms with van der Waals surface area (Å²) in [6.07, 6.45) is 4.78. The van der Waals surface area contributed by atoms with Gasteiger partial charge in [-0.05, 0) is 24.6 Å². The van der Waals surface area contributed by atoms with Gasteiger partial charge in [0.15, 0.2) is 0 Å². The molecule has 0 saturated carbocycles. The number of carboxylic acids is 1. The summed E-state index contributed by atoms with van der Waals surface area (Å²) in [4.78, 5) is 26.4. The molecule has 0 atom stereocenters. The first-order chi connectivity index (χ1) is 10.1. The first-order valence-corrected chi connectivity index (χ1v) is 6.19. The summed E-state index contributed by atoms with van der Waals surface area (Å²) >= 11 is 0. The number of benzene rings is 1. The van der Waals surface area contributed by atoms with Crippen molar-refractivity contribution in [3.05, 3.63) is 53.6 Å². The number of nitrogens with one attached hydrogen (secondary N) is 1. The van der Waals surface area contributed by atoms with Gasteiger partial charge in [-0.25, -0.2) is 15.2 Å². The molecule has 0 fully saturated rings. The van der Waals surface area contributed by atoms with E-state index >= 15 is 0 Å². The van der Waals surface area contributed by atoms with Gasteiger partial charge in [0.25, 0.3) is 5.91 Å². The van der Waals surface area contributed by atoms with Gasteiger partial charge in [-0.15, -0.1) is 0 Å². The maximum Gasteiger partial charge on any atom is 0.335 e. The molecule has 0 bridgehead atoms. The number of hydrogen-bond donors (Lipinski definition) is 2. The number of nitrogens with zero attached hydrogens (tertiary/aromatic N) is 3. The molecule has 0 aliphatic rings. The van der Waals surface area contributed by atoms with Crippen molar-refractivity contribution in [1.29, 1.82) is 0 Å². The number of aryl methyl sites for hydroxylation is 1. The maximum atomic E-state index is 11.6. The highest BCUT2D eigenvalue weighted by molar-refractivity contribution is 5.89. The lowest BCUT2D eigenvalue weighted by atomic mass is 10.1. The molecule has 2 N–H and O–H groups in total. The van der Waals surface area contributed by atoms with Gasteiger partial charge in [-0.1, -0.05) is 12.1 Å². The minimum Gasteiger partial charge on any atom is -0.478 e. The molecule has 0 aliphatic carbocycles. The summed E-state index contributed by atoms with van der Waals surface area (Å²) < 4.78 is 1.70. The predicted octanol–water partition coefficient (Wildman–Crippen LogP) is 1.04. The molecule has 2 rings (SSSR count). The van der Waals surface area contributed by atoms with Gasteiger partial charge < -0.3 is 9.67 Å². The van der Waals surface area contributed by atoms with Crippen molar-refractivity contribution in [2.24, 2.45) is 5.10 Å². The van der Waals surface area contributed by atoms with Crippen LogP contribution in [-0.2, 0) is 11.3 Å². The van der Waals surface area contributed by atoms with Crippen LogP contribution in [0, 0.1) is 6.92 Å².